The normalized spacial score (nSPS) is 13.1. The highest BCUT2D eigenvalue weighted by molar-refractivity contribution is 8.64. The quantitative estimate of drug-likeness (QED) is 0.0806. The first kappa shape index (κ1) is 57.0. The van der Waals surface area contributed by atoms with Crippen LogP contribution in [0.4, 0.5) is 0 Å². The SMILES string of the molecule is CCCCN(C)P(c1ccccc1)N(C)P(c1ccccc1)N(C)CCCC.CCN(C)P(c1ccccc1)N(C)P(c1ccccc1)N(C)CC.S.S=S=S=S=S=S. The fourth-order valence-electron chi connectivity index (χ4n) is 6.00. The van der Waals surface area contributed by atoms with Crippen molar-refractivity contribution in [2.75, 3.05) is 68.5 Å². The molecule has 0 aliphatic heterocycles. The van der Waals surface area contributed by atoms with Gasteiger partial charge in [0, 0.05) is 105 Å². The third-order valence-electron chi connectivity index (χ3n) is 9.01. The minimum Gasteiger partial charge on any atom is -0.269 e. The molecule has 4 rings (SSSR count). The van der Waals surface area contributed by atoms with Crippen LogP contribution in [0, 0.1) is 0 Å². The number of rotatable bonds is 20. The summed E-state index contributed by atoms with van der Waals surface area (Å²) in [6.45, 7) is 13.4. The Morgan fingerprint density at radius 3 is 0.847 bits per heavy atom. The first-order valence-corrected chi connectivity index (χ1v) is 31.4. The highest BCUT2D eigenvalue weighted by atomic mass is 33.3. The lowest BCUT2D eigenvalue weighted by Crippen LogP contribution is -2.34. The van der Waals surface area contributed by atoms with Crippen LogP contribution in [-0.4, -0.2) is 96.0 Å². The Morgan fingerprint density at radius 1 is 0.407 bits per heavy atom. The van der Waals surface area contributed by atoms with Gasteiger partial charge in [0.1, 0.15) is 0 Å². The maximum absolute atomic E-state index is 4.52. The average Bonchev–Trinajstić information content (AvgIpc) is 3.26. The average molecular weight is 1010 g/mol. The van der Waals surface area contributed by atoms with E-state index < -0.39 is 32.9 Å². The highest BCUT2D eigenvalue weighted by Crippen LogP contribution is 2.57. The maximum Gasteiger partial charge on any atom is 0.0769 e. The van der Waals surface area contributed by atoms with Gasteiger partial charge in [-0.1, -0.05) is 162 Å². The molecule has 0 bridgehead atoms. The number of nitrogens with zero attached hydrogens (tertiary/aromatic N) is 6. The Morgan fingerprint density at radius 2 is 0.644 bits per heavy atom. The van der Waals surface area contributed by atoms with Gasteiger partial charge in [-0.2, -0.15) is 13.5 Å². The van der Waals surface area contributed by atoms with Crippen LogP contribution in [0.1, 0.15) is 53.4 Å². The second kappa shape index (κ2) is 34.4. The maximum atomic E-state index is 4.52. The molecule has 17 heteroatoms. The molecule has 0 aromatic heterocycles. The highest BCUT2D eigenvalue weighted by Gasteiger charge is 2.32. The van der Waals surface area contributed by atoms with Crippen molar-refractivity contribution < 1.29 is 0 Å². The summed E-state index contributed by atoms with van der Waals surface area (Å²) in [6.07, 6.45) is 4.95. The molecule has 0 N–H and O–H groups in total. The molecule has 0 saturated carbocycles. The molecule has 0 fully saturated rings. The molecule has 0 radical (unpaired) electrons. The van der Waals surface area contributed by atoms with E-state index >= 15 is 0 Å². The molecule has 0 aliphatic carbocycles. The minimum atomic E-state index is -0.546. The van der Waals surface area contributed by atoms with Gasteiger partial charge in [-0.05, 0) is 55.1 Å². The second-order valence-electron chi connectivity index (χ2n) is 13.2. The minimum absolute atomic E-state index is 0. The van der Waals surface area contributed by atoms with Crippen LogP contribution < -0.4 is 21.2 Å². The molecule has 0 saturated heterocycles. The molecular weight excluding hydrogens is 937 g/mol. The molecule has 4 unspecified atom stereocenters. The van der Waals surface area contributed by atoms with Crippen molar-refractivity contribution in [1.82, 2.24) is 27.6 Å². The standard InChI is InChI=1S/C23H37N3P2.C19H29N3P2.S6.H2S/c1-6-8-20-24(3)27(22-16-12-10-13-17-22)26(5)28(25(4)21-9-7-2)23-18-14-11-15-19-23;1-6-20(3)23(18-14-10-8-11-15-18)22(5)24(21(4)7-2)19-16-12-9-13-17-19;1-3-5-6-4-2;/h10-19H,6-9,20-21H2,1-5H3;8-17H,6-7H2,1-5H3;;1H2. The first-order valence-electron chi connectivity index (χ1n) is 19.7. The van der Waals surface area contributed by atoms with Crippen LogP contribution in [0.5, 0.6) is 0 Å². The fourth-order valence-corrected chi connectivity index (χ4v) is 23.3. The van der Waals surface area contributed by atoms with E-state index in [0.717, 1.165) is 26.2 Å². The van der Waals surface area contributed by atoms with E-state index in [1.807, 2.05) is 0 Å². The van der Waals surface area contributed by atoms with Gasteiger partial charge in [-0.15, -0.1) is 0 Å². The molecule has 59 heavy (non-hydrogen) atoms. The van der Waals surface area contributed by atoms with Crippen molar-refractivity contribution in [3.05, 3.63) is 121 Å². The topological polar surface area (TPSA) is 19.4 Å². The lowest BCUT2D eigenvalue weighted by atomic mass is 10.3. The summed E-state index contributed by atoms with van der Waals surface area (Å²) >= 11 is 9.03. The van der Waals surface area contributed by atoms with Crippen LogP contribution in [0.25, 0.3) is 0 Å². The van der Waals surface area contributed by atoms with Gasteiger partial charge in [-0.3, -0.25) is 18.7 Å². The Kier molecular flexibility index (Phi) is 33.3. The molecule has 6 nitrogen and oxygen atoms in total. The van der Waals surface area contributed by atoms with E-state index in [4.69, 9.17) is 0 Å². The predicted molar refractivity (Wildman–Crippen MR) is 294 cm³/mol. The fraction of sp³-hybridized carbons (Fsp3) is 0.429. The summed E-state index contributed by atoms with van der Waals surface area (Å²) in [6, 6.07) is 44.0. The Labute approximate surface area is 392 Å². The van der Waals surface area contributed by atoms with E-state index in [2.05, 4.69) is 241 Å². The molecule has 0 aliphatic rings. The molecule has 328 valence electrons. The number of benzene rings is 4. The van der Waals surface area contributed by atoms with Crippen molar-refractivity contribution >= 4 is 126 Å². The monoisotopic (exact) mass is 1000 g/mol. The van der Waals surface area contributed by atoms with Gasteiger partial charge in [0.05, 0.1) is 32.9 Å². The summed E-state index contributed by atoms with van der Waals surface area (Å²) in [4.78, 5) is 0. The van der Waals surface area contributed by atoms with Gasteiger partial charge in [0.2, 0.25) is 0 Å². The first-order chi connectivity index (χ1) is 28.1. The van der Waals surface area contributed by atoms with Crippen LogP contribution >= 0.6 is 46.4 Å². The largest absolute Gasteiger partial charge is 0.269 e. The van der Waals surface area contributed by atoms with E-state index in [9.17, 15) is 0 Å². The van der Waals surface area contributed by atoms with Gasteiger partial charge in [0.15, 0.2) is 0 Å². The predicted octanol–water partition coefficient (Wildman–Crippen LogP) is 9.85. The molecule has 0 spiro atoms. The van der Waals surface area contributed by atoms with Crippen molar-refractivity contribution in [2.45, 2.75) is 53.4 Å². The van der Waals surface area contributed by atoms with E-state index in [0.29, 0.717) is 0 Å². The summed E-state index contributed by atoms with van der Waals surface area (Å²) in [5, 5.41) is 5.69. The summed E-state index contributed by atoms with van der Waals surface area (Å²) in [5.41, 5.74) is 0. The van der Waals surface area contributed by atoms with E-state index in [1.54, 1.807) is 0 Å². The zero-order valence-corrected chi connectivity index (χ0v) is 46.1. The molecular formula is C42H68N6P4S7. The molecule has 0 amide bonds. The summed E-state index contributed by atoms with van der Waals surface area (Å²) in [7, 11) is 17.2. The number of unbranched alkanes of at least 4 members (excludes halogenated alkanes) is 2. The number of hydrogen-bond acceptors (Lipinski definition) is 8. The van der Waals surface area contributed by atoms with Gasteiger partial charge in [0.25, 0.3) is 0 Å². The molecule has 4 aromatic carbocycles. The van der Waals surface area contributed by atoms with Crippen LogP contribution in [0.15, 0.2) is 121 Å². The Bertz CT molecular complexity index is 1690. The number of hydrogen-bond donors (Lipinski definition) is 0. The zero-order chi connectivity index (χ0) is 42.7. The Hall–Kier alpha value is 0.0300. The third kappa shape index (κ3) is 20.2. The van der Waals surface area contributed by atoms with Crippen molar-refractivity contribution in [2.24, 2.45) is 0 Å². The molecule has 0 heterocycles. The lowest BCUT2D eigenvalue weighted by Gasteiger charge is -2.43. The van der Waals surface area contributed by atoms with Crippen molar-refractivity contribution in [3.8, 4) is 0 Å². The summed E-state index contributed by atoms with van der Waals surface area (Å²) < 4.78 is 15.4. The lowest BCUT2D eigenvalue weighted by molar-refractivity contribution is 0.488. The smallest absolute Gasteiger partial charge is 0.0769 e. The van der Waals surface area contributed by atoms with Gasteiger partial charge in [-0.25, -0.2) is 8.88 Å². The van der Waals surface area contributed by atoms with Gasteiger partial charge >= 0.3 is 0 Å². The van der Waals surface area contributed by atoms with Crippen LogP contribution in [0.2, 0.25) is 0 Å². The second-order valence-corrected chi connectivity index (χ2v) is 30.4. The van der Waals surface area contributed by atoms with Crippen LogP contribution in [-0.2, 0) is 57.9 Å². The summed E-state index contributed by atoms with van der Waals surface area (Å²) in [5.74, 6) is 0. The molecule has 4 aromatic rings. The van der Waals surface area contributed by atoms with E-state index in [1.165, 1.54) is 82.4 Å². The third-order valence-corrected chi connectivity index (χ3v) is 26.5. The molecule has 4 atom stereocenters. The van der Waals surface area contributed by atoms with Crippen LogP contribution in [0.3, 0.4) is 0 Å². The zero-order valence-electron chi connectivity index (χ0n) is 36.6. The van der Waals surface area contributed by atoms with E-state index in [-0.39, 0.29) is 13.5 Å². The Balaban J connectivity index is 0.000000515. The van der Waals surface area contributed by atoms with Crippen molar-refractivity contribution in [3.63, 3.8) is 0 Å². The van der Waals surface area contributed by atoms with Crippen molar-refractivity contribution in [1.29, 1.82) is 0 Å². The van der Waals surface area contributed by atoms with Gasteiger partial charge < -0.3 is 0 Å².